The van der Waals surface area contributed by atoms with Crippen molar-refractivity contribution in [2.75, 3.05) is 37.0 Å². The Morgan fingerprint density at radius 2 is 2.25 bits per heavy atom. The fourth-order valence-corrected chi connectivity index (χ4v) is 2.60. The normalized spacial score (nSPS) is 22.9. The summed E-state index contributed by atoms with van der Waals surface area (Å²) < 4.78 is 5.66. The van der Waals surface area contributed by atoms with E-state index >= 15 is 0 Å². The molecule has 0 aromatic carbocycles. The van der Waals surface area contributed by atoms with Crippen LogP contribution in [0.5, 0.6) is 0 Å². The standard InChI is InChI=1S/C15H26N4O/c1-5-8-16-14-17-12(2)10-13(18-14)19-9-6-7-15(3,11-19)20-4/h10H,5-9,11H2,1-4H3,(H,16,17,18). The lowest BCUT2D eigenvalue weighted by molar-refractivity contribution is -0.00481. The minimum Gasteiger partial charge on any atom is -0.377 e. The van der Waals surface area contributed by atoms with Crippen LogP contribution >= 0.6 is 0 Å². The van der Waals surface area contributed by atoms with Crippen LogP contribution in [0.1, 0.15) is 38.8 Å². The second-order valence-electron chi connectivity index (χ2n) is 5.80. The first kappa shape index (κ1) is 15.0. The number of piperidine rings is 1. The van der Waals surface area contributed by atoms with Gasteiger partial charge in [-0.15, -0.1) is 0 Å². The van der Waals surface area contributed by atoms with Crippen LogP contribution in [-0.2, 0) is 4.74 Å². The third-order valence-electron chi connectivity index (χ3n) is 3.85. The van der Waals surface area contributed by atoms with Crippen molar-refractivity contribution in [2.45, 2.75) is 45.6 Å². The van der Waals surface area contributed by atoms with Gasteiger partial charge in [0.25, 0.3) is 0 Å². The zero-order valence-electron chi connectivity index (χ0n) is 13.1. The van der Waals surface area contributed by atoms with Gasteiger partial charge in [-0.2, -0.15) is 4.98 Å². The van der Waals surface area contributed by atoms with Crippen molar-refractivity contribution in [3.63, 3.8) is 0 Å². The molecule has 5 heteroatoms. The Kier molecular flexibility index (Phi) is 4.81. The second kappa shape index (κ2) is 6.39. The number of rotatable bonds is 5. The van der Waals surface area contributed by atoms with E-state index < -0.39 is 0 Å². The average molecular weight is 278 g/mol. The number of aryl methyl sites for hydroxylation is 1. The van der Waals surface area contributed by atoms with Gasteiger partial charge in [-0.25, -0.2) is 4.98 Å². The summed E-state index contributed by atoms with van der Waals surface area (Å²) in [5, 5.41) is 3.27. The van der Waals surface area contributed by atoms with Gasteiger partial charge in [0.05, 0.1) is 5.60 Å². The summed E-state index contributed by atoms with van der Waals surface area (Å²) in [6.07, 6.45) is 3.30. The van der Waals surface area contributed by atoms with Crippen LogP contribution in [-0.4, -0.2) is 42.3 Å². The minimum absolute atomic E-state index is 0.0753. The molecule has 0 saturated carbocycles. The summed E-state index contributed by atoms with van der Waals surface area (Å²) in [4.78, 5) is 11.4. The molecular weight excluding hydrogens is 252 g/mol. The van der Waals surface area contributed by atoms with Gasteiger partial charge in [0, 0.05) is 38.5 Å². The van der Waals surface area contributed by atoms with E-state index in [-0.39, 0.29) is 5.60 Å². The van der Waals surface area contributed by atoms with Crippen LogP contribution in [0.2, 0.25) is 0 Å². The molecule has 0 aliphatic carbocycles. The molecule has 20 heavy (non-hydrogen) atoms. The number of nitrogens with one attached hydrogen (secondary N) is 1. The number of ether oxygens (including phenoxy) is 1. The number of anilines is 2. The SMILES string of the molecule is CCCNc1nc(C)cc(N2CCCC(C)(OC)C2)n1. The van der Waals surface area contributed by atoms with E-state index in [1.165, 1.54) is 0 Å². The van der Waals surface area contributed by atoms with Crippen LogP contribution in [0.3, 0.4) is 0 Å². The van der Waals surface area contributed by atoms with Gasteiger partial charge in [0.1, 0.15) is 5.82 Å². The van der Waals surface area contributed by atoms with Crippen molar-refractivity contribution < 1.29 is 4.74 Å². The highest BCUT2D eigenvalue weighted by Crippen LogP contribution is 2.27. The number of hydrogen-bond acceptors (Lipinski definition) is 5. The monoisotopic (exact) mass is 278 g/mol. The zero-order valence-corrected chi connectivity index (χ0v) is 13.1. The van der Waals surface area contributed by atoms with Crippen LogP contribution < -0.4 is 10.2 Å². The van der Waals surface area contributed by atoms with Crippen LogP contribution in [0.15, 0.2) is 6.07 Å². The van der Waals surface area contributed by atoms with Crippen molar-refractivity contribution in [3.8, 4) is 0 Å². The van der Waals surface area contributed by atoms with E-state index in [1.807, 2.05) is 6.92 Å². The molecule has 2 rings (SSSR count). The Balaban J connectivity index is 2.16. The zero-order chi connectivity index (χ0) is 14.6. The van der Waals surface area contributed by atoms with Crippen molar-refractivity contribution in [1.29, 1.82) is 0 Å². The predicted molar refractivity (Wildman–Crippen MR) is 82.4 cm³/mol. The molecule has 0 amide bonds. The predicted octanol–water partition coefficient (Wildman–Crippen LogP) is 2.61. The maximum Gasteiger partial charge on any atom is 0.224 e. The molecule has 1 unspecified atom stereocenters. The van der Waals surface area contributed by atoms with Gasteiger partial charge in [-0.3, -0.25) is 0 Å². The number of aromatic nitrogens is 2. The Hall–Kier alpha value is -1.36. The summed E-state index contributed by atoms with van der Waals surface area (Å²) in [7, 11) is 1.79. The molecule has 1 N–H and O–H groups in total. The molecule has 0 bridgehead atoms. The number of nitrogens with zero attached hydrogens (tertiary/aromatic N) is 3. The van der Waals surface area contributed by atoms with Crippen LogP contribution in [0.4, 0.5) is 11.8 Å². The highest BCUT2D eigenvalue weighted by Gasteiger charge is 2.31. The summed E-state index contributed by atoms with van der Waals surface area (Å²) in [5.41, 5.74) is 0.923. The molecule has 2 heterocycles. The van der Waals surface area contributed by atoms with Crippen molar-refractivity contribution >= 4 is 11.8 Å². The average Bonchev–Trinajstić information content (AvgIpc) is 2.44. The van der Waals surface area contributed by atoms with Gasteiger partial charge >= 0.3 is 0 Å². The smallest absolute Gasteiger partial charge is 0.224 e. The summed E-state index contributed by atoms with van der Waals surface area (Å²) in [6.45, 7) is 9.14. The first-order valence-corrected chi connectivity index (χ1v) is 7.46. The van der Waals surface area contributed by atoms with E-state index in [0.717, 1.165) is 56.4 Å². The molecule has 1 aliphatic rings. The van der Waals surface area contributed by atoms with E-state index in [4.69, 9.17) is 4.74 Å². The first-order chi connectivity index (χ1) is 9.56. The molecule has 0 radical (unpaired) electrons. The summed E-state index contributed by atoms with van der Waals surface area (Å²) in [5.74, 6) is 1.73. The van der Waals surface area contributed by atoms with E-state index in [2.05, 4.69) is 40.1 Å². The Morgan fingerprint density at radius 1 is 1.45 bits per heavy atom. The molecule has 112 valence electrons. The first-order valence-electron chi connectivity index (χ1n) is 7.46. The van der Waals surface area contributed by atoms with Gasteiger partial charge < -0.3 is 15.0 Å². The van der Waals surface area contributed by atoms with Crippen molar-refractivity contribution in [2.24, 2.45) is 0 Å². The molecule has 1 saturated heterocycles. The second-order valence-corrected chi connectivity index (χ2v) is 5.80. The highest BCUT2D eigenvalue weighted by molar-refractivity contribution is 5.45. The quantitative estimate of drug-likeness (QED) is 0.897. The Morgan fingerprint density at radius 3 is 2.95 bits per heavy atom. The molecule has 1 aromatic rings. The number of hydrogen-bond donors (Lipinski definition) is 1. The van der Waals surface area contributed by atoms with Crippen molar-refractivity contribution in [1.82, 2.24) is 9.97 Å². The van der Waals surface area contributed by atoms with E-state index in [1.54, 1.807) is 7.11 Å². The van der Waals surface area contributed by atoms with E-state index in [9.17, 15) is 0 Å². The Labute approximate surface area is 121 Å². The summed E-state index contributed by atoms with van der Waals surface area (Å²) >= 11 is 0. The molecule has 1 aromatic heterocycles. The van der Waals surface area contributed by atoms with Gasteiger partial charge in [0.2, 0.25) is 5.95 Å². The lowest BCUT2D eigenvalue weighted by Crippen LogP contribution is -2.47. The molecule has 5 nitrogen and oxygen atoms in total. The summed E-state index contributed by atoms with van der Waals surface area (Å²) in [6, 6.07) is 2.05. The minimum atomic E-state index is -0.0753. The fraction of sp³-hybridized carbons (Fsp3) is 0.733. The van der Waals surface area contributed by atoms with E-state index in [0.29, 0.717) is 0 Å². The van der Waals surface area contributed by atoms with Gasteiger partial charge in [0.15, 0.2) is 0 Å². The molecule has 0 spiro atoms. The number of methoxy groups -OCH3 is 1. The van der Waals surface area contributed by atoms with Crippen LogP contribution in [0, 0.1) is 6.92 Å². The molecular formula is C15H26N4O. The van der Waals surface area contributed by atoms with Gasteiger partial charge in [-0.05, 0) is 33.1 Å². The van der Waals surface area contributed by atoms with Gasteiger partial charge in [-0.1, -0.05) is 6.92 Å². The van der Waals surface area contributed by atoms with Crippen LogP contribution in [0.25, 0.3) is 0 Å². The maximum absolute atomic E-state index is 5.66. The van der Waals surface area contributed by atoms with Crippen molar-refractivity contribution in [3.05, 3.63) is 11.8 Å². The third-order valence-corrected chi connectivity index (χ3v) is 3.85. The largest absolute Gasteiger partial charge is 0.377 e. The topological polar surface area (TPSA) is 50.3 Å². The molecule has 1 aliphatic heterocycles. The lowest BCUT2D eigenvalue weighted by Gasteiger charge is -2.40. The lowest BCUT2D eigenvalue weighted by atomic mass is 9.95. The molecule has 1 fully saturated rings. The Bertz CT molecular complexity index is 451. The fourth-order valence-electron chi connectivity index (χ4n) is 2.60. The third kappa shape index (κ3) is 3.60. The highest BCUT2D eigenvalue weighted by atomic mass is 16.5. The maximum atomic E-state index is 5.66. The molecule has 1 atom stereocenters.